The van der Waals surface area contributed by atoms with Crippen molar-refractivity contribution in [2.45, 2.75) is 57.9 Å². The molecule has 2 bridgehead atoms. The molecule has 1 nitrogen and oxygen atoms in total. The molecule has 1 heteroatoms. The molecule has 2 N–H and O–H groups in total. The van der Waals surface area contributed by atoms with Gasteiger partial charge in [0.15, 0.2) is 0 Å². The Balaban J connectivity index is 1.60. The molecule has 4 unspecified atom stereocenters. The van der Waals surface area contributed by atoms with Crippen LogP contribution in [0.4, 0.5) is 0 Å². The van der Waals surface area contributed by atoms with Crippen LogP contribution in [0.3, 0.4) is 0 Å². The SMILES string of the molecule is CC1(CC(N)C2CC3CCC2C3)CC1. The first-order chi connectivity index (χ1) is 6.66. The zero-order valence-electron chi connectivity index (χ0n) is 9.34. The summed E-state index contributed by atoms with van der Waals surface area (Å²) < 4.78 is 0. The molecule has 0 aliphatic heterocycles. The van der Waals surface area contributed by atoms with Crippen LogP contribution in [0, 0.1) is 23.2 Å². The van der Waals surface area contributed by atoms with Crippen LogP contribution in [0.5, 0.6) is 0 Å². The van der Waals surface area contributed by atoms with E-state index in [1.807, 2.05) is 0 Å². The molecule has 0 heterocycles. The molecule has 0 aromatic heterocycles. The second kappa shape index (κ2) is 2.98. The Hall–Kier alpha value is -0.0400. The summed E-state index contributed by atoms with van der Waals surface area (Å²) in [7, 11) is 0. The maximum atomic E-state index is 6.39. The van der Waals surface area contributed by atoms with E-state index in [0.717, 1.165) is 17.8 Å². The maximum absolute atomic E-state index is 6.39. The van der Waals surface area contributed by atoms with Crippen LogP contribution < -0.4 is 5.73 Å². The van der Waals surface area contributed by atoms with E-state index in [-0.39, 0.29) is 0 Å². The molecular weight excluding hydrogens is 170 g/mol. The Morgan fingerprint density at radius 2 is 2.07 bits per heavy atom. The summed E-state index contributed by atoms with van der Waals surface area (Å²) in [6, 6.07) is 0.526. The van der Waals surface area contributed by atoms with Gasteiger partial charge >= 0.3 is 0 Å². The lowest BCUT2D eigenvalue weighted by atomic mass is 9.80. The molecule has 0 spiro atoms. The van der Waals surface area contributed by atoms with Crippen LogP contribution in [-0.4, -0.2) is 6.04 Å². The van der Waals surface area contributed by atoms with E-state index < -0.39 is 0 Å². The van der Waals surface area contributed by atoms with Gasteiger partial charge in [-0.25, -0.2) is 0 Å². The average Bonchev–Trinajstić information content (AvgIpc) is 2.67. The predicted molar refractivity (Wildman–Crippen MR) is 58.9 cm³/mol. The van der Waals surface area contributed by atoms with Crippen molar-refractivity contribution in [2.75, 3.05) is 0 Å². The van der Waals surface area contributed by atoms with Gasteiger partial charge in [-0.3, -0.25) is 0 Å². The minimum atomic E-state index is 0.526. The van der Waals surface area contributed by atoms with Crippen molar-refractivity contribution in [3.63, 3.8) is 0 Å². The van der Waals surface area contributed by atoms with Gasteiger partial charge in [0.1, 0.15) is 0 Å². The summed E-state index contributed by atoms with van der Waals surface area (Å²) in [6.07, 6.45) is 10.1. The van der Waals surface area contributed by atoms with Crippen molar-refractivity contribution in [3.05, 3.63) is 0 Å². The highest BCUT2D eigenvalue weighted by atomic mass is 14.7. The molecule has 4 atom stereocenters. The number of hydrogen-bond donors (Lipinski definition) is 1. The summed E-state index contributed by atoms with van der Waals surface area (Å²) in [6.45, 7) is 2.42. The molecule has 3 aliphatic carbocycles. The third kappa shape index (κ3) is 1.50. The van der Waals surface area contributed by atoms with E-state index >= 15 is 0 Å². The van der Waals surface area contributed by atoms with Crippen molar-refractivity contribution < 1.29 is 0 Å². The van der Waals surface area contributed by atoms with E-state index in [1.165, 1.54) is 44.9 Å². The highest BCUT2D eigenvalue weighted by Gasteiger charge is 2.46. The molecule has 3 aliphatic rings. The van der Waals surface area contributed by atoms with Gasteiger partial charge in [0.05, 0.1) is 0 Å². The van der Waals surface area contributed by atoms with Crippen molar-refractivity contribution in [1.82, 2.24) is 0 Å². The van der Waals surface area contributed by atoms with Gasteiger partial charge in [-0.2, -0.15) is 0 Å². The molecule has 0 saturated heterocycles. The van der Waals surface area contributed by atoms with Gasteiger partial charge < -0.3 is 5.73 Å². The molecule has 3 fully saturated rings. The molecule has 0 amide bonds. The van der Waals surface area contributed by atoms with Crippen LogP contribution >= 0.6 is 0 Å². The van der Waals surface area contributed by atoms with E-state index in [0.29, 0.717) is 11.5 Å². The third-order valence-corrected chi connectivity index (χ3v) is 5.17. The average molecular weight is 193 g/mol. The van der Waals surface area contributed by atoms with Gasteiger partial charge in [-0.15, -0.1) is 0 Å². The second-order valence-electron chi connectivity index (χ2n) is 6.52. The van der Waals surface area contributed by atoms with Gasteiger partial charge in [-0.05, 0) is 61.7 Å². The Kier molecular flexibility index (Phi) is 1.96. The first kappa shape index (κ1) is 9.21. The monoisotopic (exact) mass is 193 g/mol. The van der Waals surface area contributed by atoms with Gasteiger partial charge in [0, 0.05) is 6.04 Å². The fourth-order valence-electron chi connectivity index (χ4n) is 3.96. The summed E-state index contributed by atoms with van der Waals surface area (Å²) in [5.41, 5.74) is 7.05. The molecule has 0 aromatic rings. The maximum Gasteiger partial charge on any atom is 0.00750 e. The molecular formula is C13H23N. The lowest BCUT2D eigenvalue weighted by molar-refractivity contribution is 0.249. The Labute approximate surface area is 87.4 Å². The fraction of sp³-hybridized carbons (Fsp3) is 1.00. The third-order valence-electron chi connectivity index (χ3n) is 5.17. The topological polar surface area (TPSA) is 26.0 Å². The first-order valence-corrected chi connectivity index (χ1v) is 6.42. The van der Waals surface area contributed by atoms with Crippen LogP contribution in [0.15, 0.2) is 0 Å². The highest BCUT2D eigenvalue weighted by molar-refractivity contribution is 4.99. The van der Waals surface area contributed by atoms with Crippen LogP contribution in [0.1, 0.15) is 51.9 Å². The van der Waals surface area contributed by atoms with Crippen LogP contribution in [0.2, 0.25) is 0 Å². The summed E-state index contributed by atoms with van der Waals surface area (Å²) in [5, 5.41) is 0. The van der Waals surface area contributed by atoms with Gasteiger partial charge in [0.2, 0.25) is 0 Å². The molecule has 3 rings (SSSR count). The standard InChI is InChI=1S/C13H23N/c1-13(4-5-13)8-12(14)11-7-9-2-3-10(11)6-9/h9-12H,2-8,14H2,1H3. The van der Waals surface area contributed by atoms with E-state index in [2.05, 4.69) is 6.92 Å². The fourth-order valence-corrected chi connectivity index (χ4v) is 3.96. The van der Waals surface area contributed by atoms with E-state index in [9.17, 15) is 0 Å². The second-order valence-corrected chi connectivity index (χ2v) is 6.52. The number of fused-ring (bicyclic) bond motifs is 2. The normalized spacial score (nSPS) is 45.4. The van der Waals surface area contributed by atoms with Crippen molar-refractivity contribution in [1.29, 1.82) is 0 Å². The van der Waals surface area contributed by atoms with Gasteiger partial charge in [-0.1, -0.05) is 13.3 Å². The van der Waals surface area contributed by atoms with Crippen LogP contribution in [0.25, 0.3) is 0 Å². The molecule has 3 saturated carbocycles. The van der Waals surface area contributed by atoms with Crippen molar-refractivity contribution in [3.8, 4) is 0 Å². The van der Waals surface area contributed by atoms with Crippen molar-refractivity contribution >= 4 is 0 Å². The summed E-state index contributed by atoms with van der Waals surface area (Å²) >= 11 is 0. The summed E-state index contributed by atoms with van der Waals surface area (Å²) in [5.74, 6) is 2.96. The molecule has 80 valence electrons. The zero-order chi connectivity index (χ0) is 9.76. The molecule has 0 radical (unpaired) electrons. The molecule has 0 aromatic carbocycles. The highest BCUT2D eigenvalue weighted by Crippen LogP contribution is 2.54. The van der Waals surface area contributed by atoms with E-state index in [4.69, 9.17) is 5.73 Å². The number of nitrogens with two attached hydrogens (primary N) is 1. The summed E-state index contributed by atoms with van der Waals surface area (Å²) in [4.78, 5) is 0. The lowest BCUT2D eigenvalue weighted by Gasteiger charge is -2.29. The van der Waals surface area contributed by atoms with Crippen LogP contribution in [-0.2, 0) is 0 Å². The Morgan fingerprint density at radius 3 is 2.57 bits per heavy atom. The number of hydrogen-bond acceptors (Lipinski definition) is 1. The number of rotatable bonds is 3. The van der Waals surface area contributed by atoms with Gasteiger partial charge in [0.25, 0.3) is 0 Å². The smallest absolute Gasteiger partial charge is 0.00750 e. The molecule has 14 heavy (non-hydrogen) atoms. The lowest BCUT2D eigenvalue weighted by Crippen LogP contribution is -2.35. The zero-order valence-corrected chi connectivity index (χ0v) is 9.34. The quantitative estimate of drug-likeness (QED) is 0.732. The minimum absolute atomic E-state index is 0.526. The van der Waals surface area contributed by atoms with Crippen molar-refractivity contribution in [2.24, 2.45) is 28.9 Å². The predicted octanol–water partition coefficient (Wildman–Crippen LogP) is 2.94. The Morgan fingerprint density at radius 1 is 1.29 bits per heavy atom. The Bertz CT molecular complexity index is 231. The minimum Gasteiger partial charge on any atom is -0.327 e. The largest absolute Gasteiger partial charge is 0.327 e. The van der Waals surface area contributed by atoms with E-state index in [1.54, 1.807) is 0 Å². The first-order valence-electron chi connectivity index (χ1n) is 6.42.